The van der Waals surface area contributed by atoms with Gasteiger partial charge in [0.2, 0.25) is 0 Å². The molecule has 0 heterocycles. The van der Waals surface area contributed by atoms with Crippen molar-refractivity contribution in [3.05, 3.63) is 11.1 Å². The number of fused-ring (bicyclic) bond motifs is 4. The largest absolute Gasteiger partial charge is 0.462 e. The van der Waals surface area contributed by atoms with Gasteiger partial charge in [0, 0.05) is 24.7 Å². The Bertz CT molecular complexity index is 767. The van der Waals surface area contributed by atoms with Crippen molar-refractivity contribution in [2.24, 2.45) is 35.0 Å². The molecule has 0 aromatic carbocycles. The lowest BCUT2D eigenvalue weighted by Crippen LogP contribution is -2.51. The first-order chi connectivity index (χ1) is 16.3. The predicted octanol–water partition coefficient (Wildman–Crippen LogP) is 8.21. The Kier molecular flexibility index (Phi) is 8.62. The number of ketones is 1. The fourth-order valence-corrected chi connectivity index (χ4v) is 8.76. The van der Waals surface area contributed by atoms with Gasteiger partial charge in [0.25, 0.3) is 0 Å². The molecule has 192 valence electrons. The maximum atomic E-state index is 12.8. The Labute approximate surface area is 208 Å². The minimum Gasteiger partial charge on any atom is -0.462 e. The summed E-state index contributed by atoms with van der Waals surface area (Å²) in [6.45, 7) is 9.57. The Morgan fingerprint density at radius 3 is 2.41 bits per heavy atom. The normalized spacial score (nSPS) is 37.2. The maximum Gasteiger partial charge on any atom is 0.306 e. The quantitative estimate of drug-likeness (QED) is 0.183. The van der Waals surface area contributed by atoms with Crippen LogP contribution in [-0.4, -0.2) is 17.9 Å². The molecule has 0 aromatic rings. The number of rotatable bonds is 10. The number of hydrogen-bond donors (Lipinski definition) is 0. The van der Waals surface area contributed by atoms with Crippen molar-refractivity contribution in [2.75, 3.05) is 0 Å². The van der Waals surface area contributed by atoms with Crippen LogP contribution in [0.4, 0.5) is 0 Å². The van der Waals surface area contributed by atoms with Crippen LogP contribution in [0, 0.1) is 35.0 Å². The van der Waals surface area contributed by atoms with Gasteiger partial charge in [-0.3, -0.25) is 9.59 Å². The fourth-order valence-electron chi connectivity index (χ4n) is 8.76. The number of hydrogen-bond acceptors (Lipinski definition) is 3. The number of unbranched alkanes of at least 4 members (excludes halogenated alkanes) is 7. The van der Waals surface area contributed by atoms with Gasteiger partial charge in [0.05, 0.1) is 0 Å². The van der Waals surface area contributed by atoms with Crippen LogP contribution in [0.1, 0.15) is 130 Å². The van der Waals surface area contributed by atoms with E-state index in [0.29, 0.717) is 41.8 Å². The molecule has 2 fully saturated rings. The van der Waals surface area contributed by atoms with Crippen LogP contribution in [0.5, 0.6) is 0 Å². The van der Waals surface area contributed by atoms with Gasteiger partial charge < -0.3 is 4.74 Å². The molecule has 0 saturated heterocycles. The fraction of sp³-hybridized carbons (Fsp3) is 0.871. The van der Waals surface area contributed by atoms with E-state index in [0.717, 1.165) is 51.4 Å². The Morgan fingerprint density at radius 1 is 0.971 bits per heavy atom. The SMILES string of the molecule is CCCCCCCCCCC(=O)O[C@H]1CCC2C3C(C4=C(CC(=O)CC4)C[C@H]3C)[C@@H](C)C[C@@]21C. The Morgan fingerprint density at radius 2 is 1.68 bits per heavy atom. The van der Waals surface area contributed by atoms with Crippen molar-refractivity contribution in [2.45, 2.75) is 137 Å². The number of carbonyl (C=O) groups excluding carboxylic acids is 2. The van der Waals surface area contributed by atoms with Gasteiger partial charge in [-0.15, -0.1) is 0 Å². The van der Waals surface area contributed by atoms with E-state index in [1.54, 1.807) is 5.57 Å². The highest BCUT2D eigenvalue weighted by Crippen LogP contribution is 2.64. The molecule has 0 aromatic heterocycles. The number of Topliss-reactive ketones (excluding diaryl/α,β-unsaturated/α-hetero) is 1. The minimum atomic E-state index is 0.0418. The second-order valence-corrected chi connectivity index (χ2v) is 12.7. The Balaban J connectivity index is 1.32. The number of ether oxygens (including phenoxy) is 1. The average Bonchev–Trinajstić information content (AvgIpc) is 3.10. The van der Waals surface area contributed by atoms with Crippen LogP contribution in [0.25, 0.3) is 0 Å². The number of allylic oxidation sites excluding steroid dienone is 2. The summed E-state index contributed by atoms with van der Waals surface area (Å²) in [5.74, 6) is 3.72. The van der Waals surface area contributed by atoms with Gasteiger partial charge in [-0.25, -0.2) is 0 Å². The van der Waals surface area contributed by atoms with Crippen molar-refractivity contribution >= 4 is 11.8 Å². The minimum absolute atomic E-state index is 0.0418. The highest BCUT2D eigenvalue weighted by atomic mass is 16.5. The standard InChI is InChI=1S/C31H50O3/c1-5-6-7-8-9-10-11-12-13-28(33)34-27-17-16-26-30-21(2)18-23-19-24(32)14-15-25(23)29(30)22(3)20-31(26,27)4/h21-22,26-27,29-30H,5-20H2,1-4H3/t21-,22+,26?,27+,29?,30?,31+/m1/s1. The van der Waals surface area contributed by atoms with Gasteiger partial charge >= 0.3 is 5.97 Å². The molecule has 0 bridgehead atoms. The van der Waals surface area contributed by atoms with E-state index in [2.05, 4.69) is 27.7 Å². The van der Waals surface area contributed by atoms with E-state index < -0.39 is 0 Å². The van der Waals surface area contributed by atoms with E-state index in [-0.39, 0.29) is 17.5 Å². The molecular weight excluding hydrogens is 420 g/mol. The molecule has 0 aliphatic heterocycles. The molecule has 4 rings (SSSR count). The first-order valence-corrected chi connectivity index (χ1v) is 14.8. The zero-order valence-corrected chi connectivity index (χ0v) is 22.5. The van der Waals surface area contributed by atoms with Crippen molar-refractivity contribution in [1.82, 2.24) is 0 Å². The summed E-state index contributed by atoms with van der Waals surface area (Å²) in [4.78, 5) is 24.9. The highest BCUT2D eigenvalue weighted by Gasteiger charge is 2.60. The predicted molar refractivity (Wildman–Crippen MR) is 138 cm³/mol. The molecule has 2 saturated carbocycles. The van der Waals surface area contributed by atoms with Crippen LogP contribution in [0.3, 0.4) is 0 Å². The molecule has 4 aliphatic rings. The van der Waals surface area contributed by atoms with Crippen LogP contribution in [0.15, 0.2) is 11.1 Å². The average molecular weight is 471 g/mol. The van der Waals surface area contributed by atoms with E-state index in [1.165, 1.54) is 50.5 Å². The molecule has 7 atom stereocenters. The molecule has 0 amide bonds. The van der Waals surface area contributed by atoms with Crippen molar-refractivity contribution < 1.29 is 14.3 Å². The lowest BCUT2D eigenvalue weighted by Gasteiger charge is -2.56. The van der Waals surface area contributed by atoms with Gasteiger partial charge in [0.15, 0.2) is 0 Å². The third kappa shape index (κ3) is 5.34. The number of carbonyl (C=O) groups is 2. The van der Waals surface area contributed by atoms with E-state index in [9.17, 15) is 9.59 Å². The monoisotopic (exact) mass is 470 g/mol. The second-order valence-electron chi connectivity index (χ2n) is 12.7. The lowest BCUT2D eigenvalue weighted by molar-refractivity contribution is -0.160. The summed E-state index contributed by atoms with van der Waals surface area (Å²) >= 11 is 0. The van der Waals surface area contributed by atoms with Gasteiger partial charge in [-0.1, -0.05) is 83.8 Å². The van der Waals surface area contributed by atoms with Crippen LogP contribution in [-0.2, 0) is 14.3 Å². The van der Waals surface area contributed by atoms with E-state index >= 15 is 0 Å². The zero-order chi connectivity index (χ0) is 24.3. The maximum absolute atomic E-state index is 12.8. The van der Waals surface area contributed by atoms with Crippen molar-refractivity contribution in [1.29, 1.82) is 0 Å². The topological polar surface area (TPSA) is 43.4 Å². The summed E-state index contributed by atoms with van der Waals surface area (Å²) in [7, 11) is 0. The first-order valence-electron chi connectivity index (χ1n) is 14.8. The van der Waals surface area contributed by atoms with Crippen LogP contribution < -0.4 is 0 Å². The number of esters is 1. The van der Waals surface area contributed by atoms with Gasteiger partial charge in [0.1, 0.15) is 11.9 Å². The third-order valence-electron chi connectivity index (χ3n) is 10.3. The summed E-state index contributed by atoms with van der Waals surface area (Å²) in [6.07, 6.45) is 17.7. The highest BCUT2D eigenvalue weighted by molar-refractivity contribution is 5.82. The summed E-state index contributed by atoms with van der Waals surface area (Å²) in [5, 5.41) is 0. The smallest absolute Gasteiger partial charge is 0.306 e. The molecule has 3 heteroatoms. The lowest BCUT2D eigenvalue weighted by atomic mass is 9.49. The second kappa shape index (κ2) is 11.3. The first kappa shape index (κ1) is 26.0. The molecule has 0 radical (unpaired) electrons. The van der Waals surface area contributed by atoms with Crippen LogP contribution in [0.2, 0.25) is 0 Å². The van der Waals surface area contributed by atoms with E-state index in [4.69, 9.17) is 4.74 Å². The molecule has 0 N–H and O–H groups in total. The molecular formula is C31H50O3. The van der Waals surface area contributed by atoms with Crippen molar-refractivity contribution in [3.63, 3.8) is 0 Å². The summed E-state index contributed by atoms with van der Waals surface area (Å²) < 4.78 is 6.23. The molecule has 3 unspecified atom stereocenters. The third-order valence-corrected chi connectivity index (χ3v) is 10.3. The molecule has 3 nitrogen and oxygen atoms in total. The van der Waals surface area contributed by atoms with Gasteiger partial charge in [-0.2, -0.15) is 0 Å². The van der Waals surface area contributed by atoms with Gasteiger partial charge in [-0.05, 0) is 68.1 Å². The van der Waals surface area contributed by atoms with Crippen molar-refractivity contribution in [3.8, 4) is 0 Å². The zero-order valence-electron chi connectivity index (χ0n) is 22.5. The van der Waals surface area contributed by atoms with Crippen LogP contribution >= 0.6 is 0 Å². The molecule has 0 spiro atoms. The Hall–Kier alpha value is -1.12. The molecule has 34 heavy (non-hydrogen) atoms. The summed E-state index contributed by atoms with van der Waals surface area (Å²) in [6, 6.07) is 0. The summed E-state index contributed by atoms with van der Waals surface area (Å²) in [5.41, 5.74) is 3.27. The van der Waals surface area contributed by atoms with E-state index in [1.807, 2.05) is 0 Å². The molecule has 4 aliphatic carbocycles.